The molecule has 0 aromatic carbocycles. The average molecular weight is 256 g/mol. The Hall–Kier alpha value is -1.40. The molecule has 0 radical (unpaired) electrons. The van der Waals surface area contributed by atoms with Gasteiger partial charge in [0.15, 0.2) is 0 Å². The maximum Gasteiger partial charge on any atom is 0.255 e. The zero-order valence-electron chi connectivity index (χ0n) is 9.63. The Balaban J connectivity index is 2.20. The number of aromatic nitrogens is 4. The van der Waals surface area contributed by atoms with E-state index in [9.17, 15) is 5.11 Å². The number of aliphatic hydroxyl groups is 1. The Morgan fingerprint density at radius 3 is 3.00 bits per heavy atom. The highest BCUT2D eigenvalue weighted by Gasteiger charge is 2.11. The smallest absolute Gasteiger partial charge is 0.255 e. The van der Waals surface area contributed by atoms with E-state index in [4.69, 9.17) is 11.6 Å². The van der Waals surface area contributed by atoms with Crippen LogP contribution >= 0.6 is 11.6 Å². The van der Waals surface area contributed by atoms with Crippen molar-refractivity contribution in [2.45, 2.75) is 20.0 Å². The zero-order chi connectivity index (χ0) is 12.4. The predicted molar refractivity (Wildman–Crippen MR) is 65.1 cm³/mol. The van der Waals surface area contributed by atoms with Crippen LogP contribution in [0, 0.1) is 5.92 Å². The molecule has 1 atom stereocenters. The van der Waals surface area contributed by atoms with Gasteiger partial charge in [0.1, 0.15) is 17.3 Å². The Kier molecular flexibility index (Phi) is 3.44. The first-order valence-electron chi connectivity index (χ1n) is 5.36. The number of fused-ring (bicyclic) bond motifs is 1. The van der Waals surface area contributed by atoms with Crippen molar-refractivity contribution in [2.75, 3.05) is 11.9 Å². The van der Waals surface area contributed by atoms with E-state index < -0.39 is 6.10 Å². The third kappa shape index (κ3) is 2.65. The van der Waals surface area contributed by atoms with Gasteiger partial charge in [-0.25, -0.2) is 0 Å². The summed E-state index contributed by atoms with van der Waals surface area (Å²) in [4.78, 5) is 7.97. The van der Waals surface area contributed by atoms with Gasteiger partial charge in [-0.2, -0.15) is 19.6 Å². The summed E-state index contributed by atoms with van der Waals surface area (Å²) in [7, 11) is 0. The van der Waals surface area contributed by atoms with Crippen LogP contribution in [0.5, 0.6) is 0 Å². The number of hydrogen-bond acceptors (Lipinski definition) is 5. The van der Waals surface area contributed by atoms with Gasteiger partial charge in [0, 0.05) is 12.6 Å². The fourth-order valence-corrected chi connectivity index (χ4v) is 1.53. The number of halogens is 1. The van der Waals surface area contributed by atoms with E-state index in [1.165, 1.54) is 6.33 Å². The number of rotatable bonds is 4. The van der Waals surface area contributed by atoms with E-state index in [1.807, 2.05) is 13.8 Å². The molecule has 0 aliphatic carbocycles. The van der Waals surface area contributed by atoms with Crippen molar-refractivity contribution >= 4 is 23.2 Å². The monoisotopic (exact) mass is 255 g/mol. The molecule has 2 N–H and O–H groups in total. The van der Waals surface area contributed by atoms with Crippen LogP contribution in [0.15, 0.2) is 12.4 Å². The molecule has 2 aromatic rings. The van der Waals surface area contributed by atoms with Gasteiger partial charge in [-0.3, -0.25) is 0 Å². The molecule has 2 aromatic heterocycles. The molecule has 0 bridgehead atoms. The van der Waals surface area contributed by atoms with Crippen molar-refractivity contribution in [3.8, 4) is 0 Å². The molecule has 2 rings (SSSR count). The van der Waals surface area contributed by atoms with Gasteiger partial charge in [-0.1, -0.05) is 25.4 Å². The van der Waals surface area contributed by atoms with Crippen LogP contribution in [-0.4, -0.2) is 37.3 Å². The van der Waals surface area contributed by atoms with Gasteiger partial charge in [-0.05, 0) is 5.92 Å². The highest BCUT2D eigenvalue weighted by molar-refractivity contribution is 6.29. The Bertz CT molecular complexity index is 512. The lowest BCUT2D eigenvalue weighted by Crippen LogP contribution is -2.25. The van der Waals surface area contributed by atoms with E-state index in [-0.39, 0.29) is 5.92 Å². The maximum atomic E-state index is 9.72. The largest absolute Gasteiger partial charge is 0.391 e. The molecule has 0 aliphatic rings. The Morgan fingerprint density at radius 2 is 2.29 bits per heavy atom. The van der Waals surface area contributed by atoms with Crippen LogP contribution < -0.4 is 5.32 Å². The van der Waals surface area contributed by atoms with Crippen molar-refractivity contribution in [3.05, 3.63) is 17.5 Å². The standard InChI is InChI=1S/C10H14ClN5O/c1-6(2)7(17)4-12-9-3-8(11)15-10-13-5-14-16(9)10/h3,5-7,12,17H,4H2,1-2H3. The minimum Gasteiger partial charge on any atom is -0.391 e. The number of anilines is 1. The van der Waals surface area contributed by atoms with Crippen molar-refractivity contribution < 1.29 is 5.11 Å². The topological polar surface area (TPSA) is 75.3 Å². The number of nitrogens with one attached hydrogen (secondary N) is 1. The van der Waals surface area contributed by atoms with E-state index in [1.54, 1.807) is 10.6 Å². The van der Waals surface area contributed by atoms with Crippen LogP contribution in [0.25, 0.3) is 5.78 Å². The van der Waals surface area contributed by atoms with Crippen LogP contribution in [0.1, 0.15) is 13.8 Å². The van der Waals surface area contributed by atoms with Crippen molar-refractivity contribution in [1.82, 2.24) is 19.6 Å². The summed E-state index contributed by atoms with van der Waals surface area (Å²) >= 11 is 5.86. The van der Waals surface area contributed by atoms with Crippen LogP contribution in [0.4, 0.5) is 5.82 Å². The summed E-state index contributed by atoms with van der Waals surface area (Å²) in [5.41, 5.74) is 0. The Morgan fingerprint density at radius 1 is 1.53 bits per heavy atom. The minimum atomic E-state index is -0.430. The highest BCUT2D eigenvalue weighted by atomic mass is 35.5. The summed E-state index contributed by atoms with van der Waals surface area (Å²) in [5.74, 6) is 1.28. The molecule has 0 saturated carbocycles. The lowest BCUT2D eigenvalue weighted by atomic mass is 10.1. The molecule has 17 heavy (non-hydrogen) atoms. The van der Waals surface area contributed by atoms with Gasteiger partial charge in [0.2, 0.25) is 0 Å². The molecular weight excluding hydrogens is 242 g/mol. The SMILES string of the molecule is CC(C)C(O)CNc1cc(Cl)nc2ncnn12. The zero-order valence-corrected chi connectivity index (χ0v) is 10.4. The van der Waals surface area contributed by atoms with Gasteiger partial charge < -0.3 is 10.4 Å². The molecule has 7 heteroatoms. The second kappa shape index (κ2) is 4.85. The van der Waals surface area contributed by atoms with Crippen LogP contribution in [0.2, 0.25) is 5.15 Å². The second-order valence-corrected chi connectivity index (χ2v) is 4.52. The van der Waals surface area contributed by atoms with Gasteiger partial charge in [0.05, 0.1) is 6.10 Å². The molecule has 0 saturated heterocycles. The second-order valence-electron chi connectivity index (χ2n) is 4.13. The third-order valence-corrected chi connectivity index (χ3v) is 2.68. The first-order valence-corrected chi connectivity index (χ1v) is 5.74. The maximum absolute atomic E-state index is 9.72. The van der Waals surface area contributed by atoms with Gasteiger partial charge in [-0.15, -0.1) is 0 Å². The summed E-state index contributed by atoms with van der Waals surface area (Å²) in [6.45, 7) is 4.33. The van der Waals surface area contributed by atoms with Crippen LogP contribution in [0.3, 0.4) is 0 Å². The molecule has 2 heterocycles. The normalized spacial score (nSPS) is 13.2. The van der Waals surface area contributed by atoms with Gasteiger partial charge in [0.25, 0.3) is 5.78 Å². The molecule has 0 fully saturated rings. The quantitative estimate of drug-likeness (QED) is 0.803. The first kappa shape index (κ1) is 12.1. The summed E-state index contributed by atoms with van der Waals surface area (Å²) in [5, 5.41) is 17.2. The first-order chi connectivity index (χ1) is 8.08. The third-order valence-electron chi connectivity index (χ3n) is 2.48. The predicted octanol–water partition coefficient (Wildman–Crippen LogP) is 1.21. The lowest BCUT2D eigenvalue weighted by molar-refractivity contribution is 0.138. The number of nitrogens with zero attached hydrogens (tertiary/aromatic N) is 4. The fraction of sp³-hybridized carbons (Fsp3) is 0.500. The molecule has 92 valence electrons. The lowest BCUT2D eigenvalue weighted by Gasteiger charge is -2.16. The van der Waals surface area contributed by atoms with E-state index in [2.05, 4.69) is 20.4 Å². The van der Waals surface area contributed by atoms with E-state index >= 15 is 0 Å². The van der Waals surface area contributed by atoms with E-state index in [0.717, 1.165) is 0 Å². The minimum absolute atomic E-state index is 0.186. The van der Waals surface area contributed by atoms with Crippen molar-refractivity contribution in [3.63, 3.8) is 0 Å². The summed E-state index contributed by atoms with van der Waals surface area (Å²) in [6, 6.07) is 1.65. The summed E-state index contributed by atoms with van der Waals surface area (Å²) < 4.78 is 1.54. The molecule has 6 nitrogen and oxygen atoms in total. The average Bonchev–Trinajstić information content (AvgIpc) is 2.72. The highest BCUT2D eigenvalue weighted by Crippen LogP contribution is 2.14. The molecule has 0 aliphatic heterocycles. The van der Waals surface area contributed by atoms with E-state index in [0.29, 0.717) is 23.3 Å². The molecular formula is C10H14ClN5O. The summed E-state index contributed by atoms with van der Waals surface area (Å²) in [6.07, 6.45) is 0.975. The van der Waals surface area contributed by atoms with Gasteiger partial charge >= 0.3 is 0 Å². The number of hydrogen-bond donors (Lipinski definition) is 2. The van der Waals surface area contributed by atoms with Crippen molar-refractivity contribution in [1.29, 1.82) is 0 Å². The van der Waals surface area contributed by atoms with Crippen LogP contribution in [-0.2, 0) is 0 Å². The number of aliphatic hydroxyl groups excluding tert-OH is 1. The van der Waals surface area contributed by atoms with Crippen molar-refractivity contribution in [2.24, 2.45) is 5.92 Å². The molecule has 1 unspecified atom stereocenters. The molecule has 0 amide bonds. The fourth-order valence-electron chi connectivity index (χ4n) is 1.35. The molecule has 0 spiro atoms. The Labute approximate surface area is 104 Å².